The van der Waals surface area contributed by atoms with Crippen LogP contribution in [-0.4, -0.2) is 18.3 Å². The van der Waals surface area contributed by atoms with Crippen molar-refractivity contribution >= 4 is 24.0 Å². The van der Waals surface area contributed by atoms with Crippen molar-refractivity contribution in [3.05, 3.63) is 99.6 Å². The molecule has 2 aliphatic carbocycles. The molecule has 2 aliphatic rings. The van der Waals surface area contributed by atoms with E-state index in [4.69, 9.17) is 0 Å². The summed E-state index contributed by atoms with van der Waals surface area (Å²) < 4.78 is 0. The van der Waals surface area contributed by atoms with Gasteiger partial charge >= 0.3 is 0 Å². The molecule has 0 aromatic heterocycles. The third kappa shape index (κ3) is 4.33. The molecule has 1 N–H and O–H groups in total. The highest BCUT2D eigenvalue weighted by Crippen LogP contribution is 2.24. The van der Waals surface area contributed by atoms with E-state index in [1.54, 1.807) is 12.3 Å². The number of rotatable bonds is 5. The summed E-state index contributed by atoms with van der Waals surface area (Å²) in [6.07, 6.45) is 10.6. The quantitative estimate of drug-likeness (QED) is 0.460. The number of hydrazone groups is 1. The smallest absolute Gasteiger partial charge is 0.267 e. The molecule has 0 heterocycles. The van der Waals surface area contributed by atoms with E-state index in [1.165, 1.54) is 41.5 Å². The first kappa shape index (κ1) is 19.4. The molecule has 4 nitrogen and oxygen atoms in total. The van der Waals surface area contributed by atoms with Crippen molar-refractivity contribution in [2.75, 3.05) is 0 Å². The van der Waals surface area contributed by atoms with Crippen LogP contribution in [0.3, 0.4) is 0 Å². The molecular formula is C27H25N3O. The molecule has 1 amide bonds. The number of aryl methyl sites for hydroxylation is 4. The molecule has 0 saturated heterocycles. The lowest BCUT2D eigenvalue weighted by molar-refractivity contribution is 0.0956. The van der Waals surface area contributed by atoms with Crippen LogP contribution >= 0.6 is 0 Å². The van der Waals surface area contributed by atoms with Crippen molar-refractivity contribution in [1.29, 1.82) is 0 Å². The zero-order valence-corrected chi connectivity index (χ0v) is 17.5. The summed E-state index contributed by atoms with van der Waals surface area (Å²) in [5.74, 6) is -0.265. The number of nitrogens with one attached hydrogen (secondary N) is 1. The Kier molecular flexibility index (Phi) is 5.44. The lowest BCUT2D eigenvalue weighted by Crippen LogP contribution is -2.17. The van der Waals surface area contributed by atoms with Crippen LogP contribution in [0.1, 0.15) is 56.6 Å². The first-order chi connectivity index (χ1) is 15.3. The lowest BCUT2D eigenvalue weighted by Gasteiger charge is -2.05. The highest BCUT2D eigenvalue weighted by Gasteiger charge is 2.12. The van der Waals surface area contributed by atoms with Crippen molar-refractivity contribution in [2.45, 2.75) is 38.5 Å². The Hall–Kier alpha value is -3.53. The van der Waals surface area contributed by atoms with Crippen LogP contribution in [0.15, 0.2) is 70.8 Å². The van der Waals surface area contributed by atoms with Crippen molar-refractivity contribution in [3.63, 3.8) is 0 Å². The summed E-state index contributed by atoms with van der Waals surface area (Å²) >= 11 is 0. The number of carbonyl (C=O) groups is 1. The van der Waals surface area contributed by atoms with Crippen LogP contribution in [0.5, 0.6) is 0 Å². The molecule has 0 saturated carbocycles. The number of amides is 1. The number of hydrogen-bond acceptors (Lipinski definition) is 3. The molecule has 0 spiro atoms. The third-order valence-corrected chi connectivity index (χ3v) is 6.13. The molecule has 0 radical (unpaired) electrons. The van der Waals surface area contributed by atoms with E-state index in [0.29, 0.717) is 11.3 Å². The predicted molar refractivity (Wildman–Crippen MR) is 126 cm³/mol. The molecule has 0 aliphatic heterocycles. The number of carbonyl (C=O) groups excluding carboxylic acids is 1. The van der Waals surface area contributed by atoms with Gasteiger partial charge in [-0.2, -0.15) is 5.10 Å². The van der Waals surface area contributed by atoms with Gasteiger partial charge in [-0.05, 0) is 96.2 Å². The van der Waals surface area contributed by atoms with E-state index in [-0.39, 0.29) is 5.91 Å². The maximum absolute atomic E-state index is 12.7. The molecule has 154 valence electrons. The Morgan fingerprint density at radius 2 is 1.35 bits per heavy atom. The molecule has 3 aromatic rings. The van der Waals surface area contributed by atoms with E-state index in [2.05, 4.69) is 51.9 Å². The van der Waals surface area contributed by atoms with Crippen LogP contribution in [-0.2, 0) is 25.7 Å². The molecule has 31 heavy (non-hydrogen) atoms. The summed E-state index contributed by atoms with van der Waals surface area (Å²) in [6.45, 7) is 0. The standard InChI is InChI=1S/C27H25N3O/c31-27(30-29-18-20-12-14-22-6-4-8-24(22)16-20)25-9-1-2-10-26(25)28-17-19-11-13-21-5-3-7-23(21)15-19/h1-2,9-18H,3-8H2,(H,30,31)/b28-17?,29-18+. The van der Waals surface area contributed by atoms with Crippen molar-refractivity contribution in [3.8, 4) is 0 Å². The lowest BCUT2D eigenvalue weighted by atomic mass is 10.1. The Morgan fingerprint density at radius 3 is 2.06 bits per heavy atom. The number of benzene rings is 3. The largest absolute Gasteiger partial charge is 0.273 e. The minimum Gasteiger partial charge on any atom is -0.267 e. The fraction of sp³-hybridized carbons (Fsp3) is 0.222. The Balaban J connectivity index is 1.28. The van der Waals surface area contributed by atoms with E-state index >= 15 is 0 Å². The Bertz CT molecular complexity index is 1190. The molecular weight excluding hydrogens is 382 g/mol. The molecule has 0 fully saturated rings. The van der Waals surface area contributed by atoms with Gasteiger partial charge in [0.05, 0.1) is 17.5 Å². The van der Waals surface area contributed by atoms with Crippen LogP contribution in [0.2, 0.25) is 0 Å². The Labute approximate surface area is 182 Å². The van der Waals surface area contributed by atoms with Gasteiger partial charge in [0.15, 0.2) is 0 Å². The minimum atomic E-state index is -0.265. The van der Waals surface area contributed by atoms with Gasteiger partial charge < -0.3 is 0 Å². The highest BCUT2D eigenvalue weighted by atomic mass is 16.2. The second kappa shape index (κ2) is 8.68. The molecule has 3 aromatic carbocycles. The summed E-state index contributed by atoms with van der Waals surface area (Å²) in [5, 5.41) is 4.17. The summed E-state index contributed by atoms with van der Waals surface area (Å²) in [7, 11) is 0. The normalized spacial score (nSPS) is 14.8. The van der Waals surface area contributed by atoms with Gasteiger partial charge in [0.2, 0.25) is 0 Å². The van der Waals surface area contributed by atoms with E-state index in [0.717, 1.165) is 30.4 Å². The number of para-hydroxylation sites is 1. The second-order valence-corrected chi connectivity index (χ2v) is 8.24. The zero-order chi connectivity index (χ0) is 21.0. The van der Waals surface area contributed by atoms with Crippen LogP contribution < -0.4 is 5.43 Å². The maximum Gasteiger partial charge on any atom is 0.273 e. The molecule has 0 unspecified atom stereocenters. The second-order valence-electron chi connectivity index (χ2n) is 8.24. The molecule has 4 heteroatoms. The molecule has 5 rings (SSSR count). The summed E-state index contributed by atoms with van der Waals surface area (Å²) in [6, 6.07) is 20.2. The number of aliphatic imine (C=N–C) groups is 1. The average Bonchev–Trinajstić information content (AvgIpc) is 3.46. The summed E-state index contributed by atoms with van der Waals surface area (Å²) in [5.41, 5.74) is 11.5. The van der Waals surface area contributed by atoms with Crippen molar-refractivity contribution in [2.24, 2.45) is 10.1 Å². The minimum absolute atomic E-state index is 0.265. The van der Waals surface area contributed by atoms with Gasteiger partial charge in [0, 0.05) is 6.21 Å². The van der Waals surface area contributed by atoms with Gasteiger partial charge in [0.25, 0.3) is 5.91 Å². The number of fused-ring (bicyclic) bond motifs is 2. The van der Waals surface area contributed by atoms with E-state index in [9.17, 15) is 4.79 Å². The van der Waals surface area contributed by atoms with E-state index < -0.39 is 0 Å². The van der Waals surface area contributed by atoms with E-state index in [1.807, 2.05) is 24.4 Å². The number of nitrogens with zero attached hydrogens (tertiary/aromatic N) is 2. The first-order valence-electron chi connectivity index (χ1n) is 11.0. The van der Waals surface area contributed by atoms with Crippen molar-refractivity contribution < 1.29 is 4.79 Å². The van der Waals surface area contributed by atoms with Gasteiger partial charge in [-0.1, -0.05) is 36.4 Å². The van der Waals surface area contributed by atoms with Crippen LogP contribution in [0, 0.1) is 0 Å². The highest BCUT2D eigenvalue weighted by molar-refractivity contribution is 6.00. The van der Waals surface area contributed by atoms with Gasteiger partial charge in [-0.3, -0.25) is 9.79 Å². The number of hydrogen-bond donors (Lipinski definition) is 1. The summed E-state index contributed by atoms with van der Waals surface area (Å²) in [4.78, 5) is 17.3. The predicted octanol–water partition coefficient (Wildman–Crippen LogP) is 5.18. The van der Waals surface area contributed by atoms with Crippen LogP contribution in [0.25, 0.3) is 0 Å². The fourth-order valence-electron chi connectivity index (χ4n) is 4.49. The van der Waals surface area contributed by atoms with Gasteiger partial charge in [-0.25, -0.2) is 5.43 Å². The topological polar surface area (TPSA) is 53.8 Å². The van der Waals surface area contributed by atoms with Crippen molar-refractivity contribution in [1.82, 2.24) is 5.43 Å². The maximum atomic E-state index is 12.7. The molecule has 0 atom stereocenters. The third-order valence-electron chi connectivity index (χ3n) is 6.13. The van der Waals surface area contributed by atoms with Gasteiger partial charge in [-0.15, -0.1) is 0 Å². The SMILES string of the molecule is O=C(N/N=C/c1ccc2c(c1)CCC2)c1ccccc1N=Cc1ccc2c(c1)CCC2. The van der Waals surface area contributed by atoms with Gasteiger partial charge in [0.1, 0.15) is 0 Å². The average molecular weight is 408 g/mol. The zero-order valence-electron chi connectivity index (χ0n) is 17.5. The Morgan fingerprint density at radius 1 is 0.742 bits per heavy atom. The fourth-order valence-corrected chi connectivity index (χ4v) is 4.49. The van der Waals surface area contributed by atoms with Crippen LogP contribution in [0.4, 0.5) is 5.69 Å². The monoisotopic (exact) mass is 407 g/mol. The first-order valence-corrected chi connectivity index (χ1v) is 11.0. The molecule has 0 bridgehead atoms.